The van der Waals surface area contributed by atoms with Gasteiger partial charge in [0.2, 0.25) is 0 Å². The zero-order chi connectivity index (χ0) is 22.4. The number of benzene rings is 3. The number of esters is 1. The number of ether oxygens (including phenoxy) is 3. The van der Waals surface area contributed by atoms with Crippen LogP contribution in [0.3, 0.4) is 0 Å². The first kappa shape index (κ1) is 22.2. The number of fused-ring (bicyclic) bond motifs is 1. The molecule has 0 saturated heterocycles. The van der Waals surface area contributed by atoms with Crippen LogP contribution in [0.25, 0.3) is 16.8 Å². The number of nitrogens with one attached hydrogen (secondary N) is 1. The summed E-state index contributed by atoms with van der Waals surface area (Å²) in [5.74, 6) is -0.243. The number of rotatable bonds is 7. The largest absolute Gasteiger partial charge is 0.493 e. The fraction of sp³-hybridized carbons (Fsp3) is 0.167. The third kappa shape index (κ3) is 5.55. The van der Waals surface area contributed by atoms with Gasteiger partial charge in [-0.25, -0.2) is 4.79 Å². The number of hydrogen-bond acceptors (Lipinski definition) is 5. The Kier molecular flexibility index (Phi) is 7.15. The maximum absolute atomic E-state index is 12.4. The number of carbonyl (C=O) groups is 2. The van der Waals surface area contributed by atoms with E-state index in [2.05, 4.69) is 5.32 Å². The molecular weight excluding hydrogens is 418 g/mol. The van der Waals surface area contributed by atoms with E-state index in [1.165, 1.54) is 33.3 Å². The highest BCUT2D eigenvalue weighted by Gasteiger charge is 2.17. The lowest BCUT2D eigenvalue weighted by Gasteiger charge is -2.13. The Hall–Kier alpha value is -3.51. The number of amides is 1. The van der Waals surface area contributed by atoms with E-state index in [1.807, 2.05) is 36.4 Å². The second-order valence-corrected chi connectivity index (χ2v) is 7.11. The van der Waals surface area contributed by atoms with Crippen LogP contribution < -0.4 is 14.8 Å². The maximum Gasteiger partial charge on any atom is 0.331 e. The third-order valence-corrected chi connectivity index (χ3v) is 4.83. The second-order valence-electron chi connectivity index (χ2n) is 6.70. The Morgan fingerprint density at radius 1 is 1.00 bits per heavy atom. The minimum Gasteiger partial charge on any atom is -0.493 e. The summed E-state index contributed by atoms with van der Waals surface area (Å²) in [4.78, 5) is 24.5. The molecule has 0 fully saturated rings. The van der Waals surface area contributed by atoms with E-state index < -0.39 is 18.0 Å². The van der Waals surface area contributed by atoms with Gasteiger partial charge in [-0.05, 0) is 53.6 Å². The Balaban J connectivity index is 1.61. The van der Waals surface area contributed by atoms with Crippen molar-refractivity contribution >= 4 is 46.0 Å². The summed E-state index contributed by atoms with van der Waals surface area (Å²) < 4.78 is 15.6. The van der Waals surface area contributed by atoms with E-state index in [0.717, 1.165) is 10.8 Å². The summed E-state index contributed by atoms with van der Waals surface area (Å²) in [6.45, 7) is 1.51. The minimum atomic E-state index is -0.974. The van der Waals surface area contributed by atoms with Crippen molar-refractivity contribution in [1.29, 1.82) is 0 Å². The molecule has 6 nitrogen and oxygen atoms in total. The van der Waals surface area contributed by atoms with Gasteiger partial charge in [0.1, 0.15) is 0 Å². The molecule has 0 bridgehead atoms. The van der Waals surface area contributed by atoms with Gasteiger partial charge in [-0.2, -0.15) is 0 Å². The van der Waals surface area contributed by atoms with Crippen LogP contribution in [0.4, 0.5) is 5.69 Å². The molecule has 3 rings (SSSR count). The molecule has 1 N–H and O–H groups in total. The van der Waals surface area contributed by atoms with Gasteiger partial charge in [0.05, 0.1) is 19.2 Å². The summed E-state index contributed by atoms with van der Waals surface area (Å²) in [5, 5.41) is 5.18. The Bertz CT molecular complexity index is 1140. The summed E-state index contributed by atoms with van der Waals surface area (Å²) in [6.07, 6.45) is 1.76. The van der Waals surface area contributed by atoms with Crippen molar-refractivity contribution in [1.82, 2.24) is 0 Å². The van der Waals surface area contributed by atoms with E-state index in [9.17, 15) is 9.59 Å². The lowest BCUT2D eigenvalue weighted by molar-refractivity contribution is -0.148. The lowest BCUT2D eigenvalue weighted by Crippen LogP contribution is -2.29. The second kappa shape index (κ2) is 10.00. The van der Waals surface area contributed by atoms with Crippen LogP contribution in [-0.2, 0) is 14.3 Å². The molecule has 0 saturated carbocycles. The summed E-state index contributed by atoms with van der Waals surface area (Å²) in [7, 11) is 2.98. The molecule has 1 amide bonds. The van der Waals surface area contributed by atoms with E-state index in [0.29, 0.717) is 27.8 Å². The van der Waals surface area contributed by atoms with E-state index in [1.54, 1.807) is 18.2 Å². The first-order chi connectivity index (χ1) is 14.9. The normalized spacial score (nSPS) is 11.9. The zero-order valence-electron chi connectivity index (χ0n) is 17.3. The van der Waals surface area contributed by atoms with Crippen molar-refractivity contribution in [2.45, 2.75) is 13.0 Å². The molecule has 0 aliphatic carbocycles. The predicted octanol–water partition coefficient (Wildman–Crippen LogP) is 5.09. The first-order valence-electron chi connectivity index (χ1n) is 9.51. The average Bonchev–Trinajstić information content (AvgIpc) is 2.77. The fourth-order valence-corrected chi connectivity index (χ4v) is 3.27. The van der Waals surface area contributed by atoms with Gasteiger partial charge in [0.25, 0.3) is 5.91 Å². The smallest absolute Gasteiger partial charge is 0.331 e. The quantitative estimate of drug-likeness (QED) is 0.410. The highest BCUT2D eigenvalue weighted by molar-refractivity contribution is 6.32. The highest BCUT2D eigenvalue weighted by Crippen LogP contribution is 2.36. The summed E-state index contributed by atoms with van der Waals surface area (Å²) >= 11 is 6.16. The zero-order valence-corrected chi connectivity index (χ0v) is 18.1. The van der Waals surface area contributed by atoms with Gasteiger partial charge in [-0.1, -0.05) is 41.9 Å². The Morgan fingerprint density at radius 2 is 1.74 bits per heavy atom. The van der Waals surface area contributed by atoms with Gasteiger partial charge >= 0.3 is 5.97 Å². The molecule has 160 valence electrons. The molecule has 7 heteroatoms. The molecular formula is C24H22ClNO5. The van der Waals surface area contributed by atoms with Crippen LogP contribution >= 0.6 is 11.6 Å². The average molecular weight is 440 g/mol. The van der Waals surface area contributed by atoms with Crippen molar-refractivity contribution in [3.8, 4) is 11.5 Å². The lowest BCUT2D eigenvalue weighted by atomic mass is 10.1. The highest BCUT2D eigenvalue weighted by atomic mass is 35.5. The molecule has 3 aromatic carbocycles. The van der Waals surface area contributed by atoms with E-state index in [-0.39, 0.29) is 0 Å². The third-order valence-electron chi connectivity index (χ3n) is 4.55. The van der Waals surface area contributed by atoms with Crippen molar-refractivity contribution in [2.75, 3.05) is 19.5 Å². The van der Waals surface area contributed by atoms with Crippen LogP contribution in [0.15, 0.2) is 60.7 Å². The van der Waals surface area contributed by atoms with Crippen molar-refractivity contribution < 1.29 is 23.8 Å². The molecule has 0 aliphatic heterocycles. The standard InChI is InChI=1S/C24H22ClNO5/c1-15(24(28)26-19-10-9-17-6-4-5-7-18(17)14-19)31-22(27)11-8-16-12-20(25)23(30-3)21(13-16)29-2/h4-15H,1-3H3,(H,26,28)/b11-8+. The number of carbonyl (C=O) groups excluding carboxylic acids is 2. The van der Waals surface area contributed by atoms with Crippen LogP contribution in [0, 0.1) is 0 Å². The van der Waals surface area contributed by atoms with Crippen molar-refractivity contribution in [3.63, 3.8) is 0 Å². The Labute approximate surface area is 185 Å². The molecule has 0 radical (unpaired) electrons. The maximum atomic E-state index is 12.4. The van der Waals surface area contributed by atoms with Gasteiger partial charge in [-0.3, -0.25) is 4.79 Å². The molecule has 0 aliphatic rings. The van der Waals surface area contributed by atoms with Gasteiger partial charge < -0.3 is 19.5 Å². The number of methoxy groups -OCH3 is 2. The van der Waals surface area contributed by atoms with Crippen molar-refractivity contribution in [3.05, 3.63) is 71.3 Å². The Morgan fingerprint density at radius 3 is 2.45 bits per heavy atom. The van der Waals surface area contributed by atoms with Crippen LogP contribution in [0.5, 0.6) is 11.5 Å². The van der Waals surface area contributed by atoms with Gasteiger partial charge in [0, 0.05) is 11.8 Å². The summed E-state index contributed by atoms with van der Waals surface area (Å²) in [5.41, 5.74) is 1.25. The predicted molar refractivity (Wildman–Crippen MR) is 122 cm³/mol. The van der Waals surface area contributed by atoms with E-state index >= 15 is 0 Å². The number of hydrogen-bond donors (Lipinski definition) is 1. The van der Waals surface area contributed by atoms with E-state index in [4.69, 9.17) is 25.8 Å². The topological polar surface area (TPSA) is 73.9 Å². The van der Waals surface area contributed by atoms with Gasteiger partial charge in [-0.15, -0.1) is 0 Å². The van der Waals surface area contributed by atoms with Crippen LogP contribution in [0.1, 0.15) is 12.5 Å². The monoisotopic (exact) mass is 439 g/mol. The fourth-order valence-electron chi connectivity index (χ4n) is 2.98. The van der Waals surface area contributed by atoms with Crippen molar-refractivity contribution in [2.24, 2.45) is 0 Å². The molecule has 0 spiro atoms. The summed E-state index contributed by atoms with van der Waals surface area (Å²) in [6, 6.07) is 16.7. The minimum absolute atomic E-state index is 0.345. The number of anilines is 1. The van der Waals surface area contributed by atoms with Crippen LogP contribution in [-0.4, -0.2) is 32.2 Å². The first-order valence-corrected chi connectivity index (χ1v) is 9.89. The SMILES string of the molecule is COc1cc(/C=C/C(=O)OC(C)C(=O)Nc2ccc3ccccc3c2)cc(Cl)c1OC. The molecule has 1 atom stereocenters. The molecule has 0 aromatic heterocycles. The van der Waals surface area contributed by atoms with Crippen LogP contribution in [0.2, 0.25) is 5.02 Å². The van der Waals surface area contributed by atoms with Gasteiger partial charge in [0.15, 0.2) is 17.6 Å². The number of halogens is 1. The molecule has 3 aromatic rings. The molecule has 1 unspecified atom stereocenters. The molecule has 0 heterocycles. The molecule has 31 heavy (non-hydrogen) atoms.